The zero-order valence-electron chi connectivity index (χ0n) is 17.1. The van der Waals surface area contributed by atoms with Crippen molar-refractivity contribution in [3.05, 3.63) is 53.2 Å². The van der Waals surface area contributed by atoms with Gasteiger partial charge in [-0.05, 0) is 43.2 Å². The van der Waals surface area contributed by atoms with E-state index in [1.807, 2.05) is 4.57 Å². The zero-order valence-corrected chi connectivity index (χ0v) is 17.1. The molecule has 1 aromatic carbocycles. The van der Waals surface area contributed by atoms with Gasteiger partial charge in [-0.3, -0.25) is 4.79 Å². The number of carbonyl (C=O) groups is 2. The van der Waals surface area contributed by atoms with Crippen molar-refractivity contribution in [3.63, 3.8) is 0 Å². The van der Waals surface area contributed by atoms with E-state index < -0.39 is 5.97 Å². The van der Waals surface area contributed by atoms with E-state index in [4.69, 9.17) is 4.52 Å². The van der Waals surface area contributed by atoms with Crippen molar-refractivity contribution >= 4 is 11.8 Å². The molecule has 3 rings (SSSR count). The highest BCUT2D eigenvalue weighted by Gasteiger charge is 2.21. The van der Waals surface area contributed by atoms with E-state index >= 15 is 0 Å². The molecule has 0 fully saturated rings. The van der Waals surface area contributed by atoms with Gasteiger partial charge >= 0.3 is 5.97 Å². The lowest BCUT2D eigenvalue weighted by Crippen LogP contribution is -2.08. The molecule has 30 heavy (non-hydrogen) atoms. The predicted octanol–water partition coefficient (Wildman–Crippen LogP) is 3.79. The second kappa shape index (κ2) is 9.39. The van der Waals surface area contributed by atoms with Crippen LogP contribution in [-0.2, 0) is 24.2 Å². The summed E-state index contributed by atoms with van der Waals surface area (Å²) >= 11 is 0. The number of aryl methyl sites for hydroxylation is 2. The van der Waals surface area contributed by atoms with Crippen LogP contribution in [0.1, 0.15) is 53.7 Å². The fraction of sp³-hybridized carbons (Fsp3) is 0.364. The lowest BCUT2D eigenvalue weighted by atomic mass is 10.0. The molecule has 0 atom stereocenters. The molecule has 8 nitrogen and oxygen atoms in total. The molecular weight excluding hydrogens is 386 g/mol. The van der Waals surface area contributed by atoms with Gasteiger partial charge in [0.05, 0.1) is 5.56 Å². The minimum Gasteiger partial charge on any atom is -0.508 e. The number of phenolic OH excluding ortho intramolecular Hbond substituents is 1. The van der Waals surface area contributed by atoms with Gasteiger partial charge in [-0.15, -0.1) is 0 Å². The second-order valence-corrected chi connectivity index (χ2v) is 7.24. The average molecular weight is 411 g/mol. The average Bonchev–Trinajstić information content (AvgIpc) is 3.30. The van der Waals surface area contributed by atoms with Crippen LogP contribution in [-0.4, -0.2) is 36.7 Å². The molecule has 2 heterocycles. The smallest absolute Gasteiger partial charge is 0.337 e. The Morgan fingerprint density at radius 3 is 2.60 bits per heavy atom. The molecule has 0 spiro atoms. The van der Waals surface area contributed by atoms with Crippen LogP contribution in [0.5, 0.6) is 5.75 Å². The number of nitrogens with zero attached hydrogens (tertiary/aromatic N) is 3. The van der Waals surface area contributed by atoms with Crippen molar-refractivity contribution in [3.8, 4) is 17.1 Å². The SMILES string of the molecule is CCCCn1cc(CC(=O)CCc2nc(-c3ccc(O)cc3)no2)c(C(=O)O)c1C. The van der Waals surface area contributed by atoms with Gasteiger partial charge in [-0.25, -0.2) is 4.79 Å². The molecule has 2 N–H and O–H groups in total. The maximum absolute atomic E-state index is 12.5. The maximum atomic E-state index is 12.5. The molecule has 158 valence electrons. The summed E-state index contributed by atoms with van der Waals surface area (Å²) in [6, 6.07) is 6.41. The van der Waals surface area contributed by atoms with Gasteiger partial charge in [0.25, 0.3) is 0 Å². The third-order valence-corrected chi connectivity index (χ3v) is 4.99. The zero-order chi connectivity index (χ0) is 21.7. The van der Waals surface area contributed by atoms with Crippen LogP contribution in [0.15, 0.2) is 35.0 Å². The van der Waals surface area contributed by atoms with Crippen LogP contribution < -0.4 is 0 Å². The standard InChI is InChI=1S/C22H25N3O5/c1-3-4-11-25-13-16(20(14(25)2)22(28)29)12-18(27)9-10-19-23-21(24-30-19)15-5-7-17(26)8-6-15/h5-8,13,26H,3-4,9-12H2,1-2H3,(H,28,29). The van der Waals surface area contributed by atoms with Gasteiger partial charge in [0.15, 0.2) is 0 Å². The van der Waals surface area contributed by atoms with Crippen molar-refractivity contribution in [2.45, 2.75) is 52.5 Å². The Morgan fingerprint density at radius 2 is 1.93 bits per heavy atom. The Kier molecular flexibility index (Phi) is 6.66. The first kappa shape index (κ1) is 21.3. The molecule has 0 aliphatic carbocycles. The summed E-state index contributed by atoms with van der Waals surface area (Å²) in [5.74, 6) is -0.237. The number of hydrogen-bond donors (Lipinski definition) is 2. The highest BCUT2D eigenvalue weighted by atomic mass is 16.5. The van der Waals surface area contributed by atoms with Crippen LogP contribution in [0.3, 0.4) is 0 Å². The molecule has 8 heteroatoms. The molecule has 0 saturated carbocycles. The van der Waals surface area contributed by atoms with Crippen LogP contribution in [0, 0.1) is 6.92 Å². The van der Waals surface area contributed by atoms with Gasteiger partial charge in [0.2, 0.25) is 11.7 Å². The number of phenols is 1. The number of carboxylic acid groups (broad SMARTS) is 1. The summed E-state index contributed by atoms with van der Waals surface area (Å²) in [4.78, 5) is 28.4. The Morgan fingerprint density at radius 1 is 1.20 bits per heavy atom. The highest BCUT2D eigenvalue weighted by molar-refractivity contribution is 5.93. The lowest BCUT2D eigenvalue weighted by Gasteiger charge is -2.04. The number of carboxylic acids is 1. The molecule has 3 aromatic rings. The normalized spacial score (nSPS) is 11.0. The van der Waals surface area contributed by atoms with Crippen molar-refractivity contribution in [1.29, 1.82) is 0 Å². The summed E-state index contributed by atoms with van der Waals surface area (Å²) in [5.41, 5.74) is 2.13. The molecule has 0 saturated heterocycles. The van der Waals surface area contributed by atoms with E-state index in [1.54, 1.807) is 25.3 Å². The molecule has 0 radical (unpaired) electrons. The first-order valence-corrected chi connectivity index (χ1v) is 9.94. The number of aromatic nitrogens is 3. The summed E-state index contributed by atoms with van der Waals surface area (Å²) in [6.07, 6.45) is 4.24. The maximum Gasteiger partial charge on any atom is 0.337 e. The van der Waals surface area contributed by atoms with Crippen LogP contribution in [0.2, 0.25) is 0 Å². The highest BCUT2D eigenvalue weighted by Crippen LogP contribution is 2.21. The number of unbranched alkanes of at least 4 members (excludes halogenated alkanes) is 1. The minimum absolute atomic E-state index is 0.0561. The van der Waals surface area contributed by atoms with Crippen LogP contribution in [0.25, 0.3) is 11.4 Å². The van der Waals surface area contributed by atoms with E-state index in [0.717, 1.165) is 19.4 Å². The summed E-state index contributed by atoms with van der Waals surface area (Å²) in [7, 11) is 0. The molecule has 0 aliphatic heterocycles. The number of aromatic hydroxyl groups is 1. The third kappa shape index (κ3) is 4.94. The van der Waals surface area contributed by atoms with Gasteiger partial charge in [-0.2, -0.15) is 4.98 Å². The number of rotatable bonds is 10. The van der Waals surface area contributed by atoms with E-state index in [1.165, 1.54) is 12.1 Å². The molecule has 0 bridgehead atoms. The Labute approximate surface area is 174 Å². The Bertz CT molecular complexity index is 1030. The van der Waals surface area contributed by atoms with E-state index in [9.17, 15) is 19.8 Å². The molecule has 2 aromatic heterocycles. The second-order valence-electron chi connectivity index (χ2n) is 7.24. The third-order valence-electron chi connectivity index (χ3n) is 4.99. The lowest BCUT2D eigenvalue weighted by molar-refractivity contribution is -0.118. The van der Waals surface area contributed by atoms with Crippen molar-refractivity contribution in [2.24, 2.45) is 0 Å². The first-order valence-electron chi connectivity index (χ1n) is 9.94. The predicted molar refractivity (Wildman–Crippen MR) is 109 cm³/mol. The van der Waals surface area contributed by atoms with Crippen molar-refractivity contribution in [2.75, 3.05) is 0 Å². The molecule has 0 amide bonds. The van der Waals surface area contributed by atoms with Crippen LogP contribution >= 0.6 is 0 Å². The Balaban J connectivity index is 1.64. The number of hydrogen-bond acceptors (Lipinski definition) is 6. The number of ketones is 1. The summed E-state index contributed by atoms with van der Waals surface area (Å²) in [6.45, 7) is 4.58. The number of carbonyl (C=O) groups excluding carboxylic acids is 1. The monoisotopic (exact) mass is 411 g/mol. The van der Waals surface area contributed by atoms with Gasteiger partial charge in [0, 0.05) is 43.3 Å². The summed E-state index contributed by atoms with van der Waals surface area (Å²) < 4.78 is 7.12. The first-order chi connectivity index (χ1) is 14.4. The largest absolute Gasteiger partial charge is 0.508 e. The fourth-order valence-electron chi connectivity index (χ4n) is 3.34. The van der Waals surface area contributed by atoms with Gasteiger partial charge in [0.1, 0.15) is 11.5 Å². The number of Topliss-reactive ketones (excluding diaryl/α,β-unsaturated/α-hetero) is 1. The van der Waals surface area contributed by atoms with Crippen LogP contribution in [0.4, 0.5) is 0 Å². The van der Waals surface area contributed by atoms with E-state index in [-0.39, 0.29) is 36.4 Å². The topological polar surface area (TPSA) is 118 Å². The Hall–Kier alpha value is -3.42. The number of aromatic carboxylic acids is 1. The van der Waals surface area contributed by atoms with E-state index in [2.05, 4.69) is 17.1 Å². The van der Waals surface area contributed by atoms with Gasteiger partial charge < -0.3 is 19.3 Å². The summed E-state index contributed by atoms with van der Waals surface area (Å²) in [5, 5.41) is 22.8. The number of benzene rings is 1. The fourth-order valence-corrected chi connectivity index (χ4v) is 3.34. The van der Waals surface area contributed by atoms with Crippen molar-refractivity contribution in [1.82, 2.24) is 14.7 Å². The van der Waals surface area contributed by atoms with Crippen molar-refractivity contribution < 1.29 is 24.3 Å². The van der Waals surface area contributed by atoms with E-state index in [0.29, 0.717) is 28.5 Å². The molecule has 0 unspecified atom stereocenters. The minimum atomic E-state index is -1.01. The quantitative estimate of drug-likeness (QED) is 0.521. The van der Waals surface area contributed by atoms with Gasteiger partial charge in [-0.1, -0.05) is 18.5 Å². The molecular formula is C22H25N3O5. The molecule has 0 aliphatic rings.